The molecule has 1 aromatic rings. The van der Waals surface area contributed by atoms with Crippen molar-refractivity contribution in [2.45, 2.75) is 32.4 Å². The van der Waals surface area contributed by atoms with Gasteiger partial charge >= 0.3 is 5.97 Å². The van der Waals surface area contributed by atoms with E-state index >= 15 is 0 Å². The van der Waals surface area contributed by atoms with Crippen LogP contribution in [0.4, 0.5) is 0 Å². The number of benzene rings is 1. The third kappa shape index (κ3) is 3.47. The standard InChI is InChI=1S/C16H23NO4/c1-10(2)21-16(18)12-7-8-17-15(12)11-5-6-13(19-3)14(9-11)20-4/h5-6,9-10,12,15,17H,7-8H2,1-4H3/t12-,15?/m1/s1. The lowest BCUT2D eigenvalue weighted by atomic mass is 9.94. The van der Waals surface area contributed by atoms with Crippen LogP contribution in [0.5, 0.6) is 11.5 Å². The molecule has 1 unspecified atom stereocenters. The predicted octanol–water partition coefficient (Wildman–Crippen LogP) is 2.31. The van der Waals surface area contributed by atoms with Crippen molar-refractivity contribution >= 4 is 5.97 Å². The summed E-state index contributed by atoms with van der Waals surface area (Å²) < 4.78 is 15.9. The van der Waals surface area contributed by atoms with E-state index < -0.39 is 0 Å². The number of hydrogen-bond donors (Lipinski definition) is 1. The van der Waals surface area contributed by atoms with Crippen LogP contribution >= 0.6 is 0 Å². The topological polar surface area (TPSA) is 56.8 Å². The summed E-state index contributed by atoms with van der Waals surface area (Å²) in [7, 11) is 3.21. The molecule has 5 nitrogen and oxygen atoms in total. The van der Waals surface area contributed by atoms with Crippen molar-refractivity contribution in [3.63, 3.8) is 0 Å². The van der Waals surface area contributed by atoms with Crippen LogP contribution in [0.15, 0.2) is 18.2 Å². The maximum Gasteiger partial charge on any atom is 0.311 e. The first-order chi connectivity index (χ1) is 10.1. The molecule has 0 bridgehead atoms. The van der Waals surface area contributed by atoms with Gasteiger partial charge in [0.05, 0.1) is 26.2 Å². The second kappa shape index (κ2) is 6.80. The first-order valence-corrected chi connectivity index (χ1v) is 7.22. The Bertz CT molecular complexity index is 501. The Labute approximate surface area is 125 Å². The molecule has 1 fully saturated rings. The van der Waals surface area contributed by atoms with Gasteiger partial charge in [0, 0.05) is 6.04 Å². The van der Waals surface area contributed by atoms with Crippen LogP contribution < -0.4 is 14.8 Å². The number of carbonyl (C=O) groups is 1. The molecule has 0 saturated carbocycles. The molecular formula is C16H23NO4. The molecule has 2 rings (SSSR count). The highest BCUT2D eigenvalue weighted by molar-refractivity contribution is 5.74. The number of nitrogens with one attached hydrogen (secondary N) is 1. The largest absolute Gasteiger partial charge is 0.493 e. The van der Waals surface area contributed by atoms with E-state index in [9.17, 15) is 4.79 Å². The Morgan fingerprint density at radius 2 is 1.95 bits per heavy atom. The molecule has 1 N–H and O–H groups in total. The first kappa shape index (κ1) is 15.6. The number of esters is 1. The molecule has 1 heterocycles. The van der Waals surface area contributed by atoms with Gasteiger partial charge < -0.3 is 19.5 Å². The summed E-state index contributed by atoms with van der Waals surface area (Å²) >= 11 is 0. The third-order valence-corrected chi connectivity index (χ3v) is 3.64. The van der Waals surface area contributed by atoms with Crippen molar-refractivity contribution in [3.8, 4) is 11.5 Å². The Morgan fingerprint density at radius 1 is 1.24 bits per heavy atom. The monoisotopic (exact) mass is 293 g/mol. The van der Waals surface area contributed by atoms with Gasteiger partial charge in [-0.1, -0.05) is 6.07 Å². The van der Waals surface area contributed by atoms with Crippen LogP contribution in [-0.4, -0.2) is 32.8 Å². The molecule has 0 radical (unpaired) electrons. The number of ether oxygens (including phenoxy) is 3. The Hall–Kier alpha value is -1.75. The highest BCUT2D eigenvalue weighted by atomic mass is 16.5. The van der Waals surface area contributed by atoms with Crippen molar-refractivity contribution in [1.82, 2.24) is 5.32 Å². The van der Waals surface area contributed by atoms with Crippen molar-refractivity contribution in [2.75, 3.05) is 20.8 Å². The quantitative estimate of drug-likeness (QED) is 0.844. The summed E-state index contributed by atoms with van der Waals surface area (Å²) in [4.78, 5) is 12.2. The molecular weight excluding hydrogens is 270 g/mol. The van der Waals surface area contributed by atoms with E-state index in [1.807, 2.05) is 32.0 Å². The number of hydrogen-bond acceptors (Lipinski definition) is 5. The molecule has 1 saturated heterocycles. The fourth-order valence-corrected chi connectivity index (χ4v) is 2.67. The minimum atomic E-state index is -0.162. The summed E-state index contributed by atoms with van der Waals surface area (Å²) in [6, 6.07) is 5.69. The van der Waals surface area contributed by atoms with Gasteiger partial charge in [-0.05, 0) is 44.5 Å². The predicted molar refractivity (Wildman–Crippen MR) is 79.6 cm³/mol. The maximum absolute atomic E-state index is 12.2. The fourth-order valence-electron chi connectivity index (χ4n) is 2.67. The van der Waals surface area contributed by atoms with Gasteiger partial charge in [0.15, 0.2) is 11.5 Å². The minimum absolute atomic E-state index is 0.0453. The molecule has 5 heteroatoms. The van der Waals surface area contributed by atoms with E-state index in [1.54, 1.807) is 14.2 Å². The summed E-state index contributed by atoms with van der Waals surface area (Å²) in [5.74, 6) is 1.04. The Balaban J connectivity index is 2.21. The van der Waals surface area contributed by atoms with Crippen LogP contribution in [-0.2, 0) is 9.53 Å². The van der Waals surface area contributed by atoms with E-state index in [4.69, 9.17) is 14.2 Å². The zero-order valence-corrected chi connectivity index (χ0v) is 13.0. The van der Waals surface area contributed by atoms with Crippen LogP contribution in [0, 0.1) is 5.92 Å². The van der Waals surface area contributed by atoms with Gasteiger partial charge in [-0.25, -0.2) is 0 Å². The lowest BCUT2D eigenvalue weighted by molar-refractivity contribution is -0.152. The number of methoxy groups -OCH3 is 2. The lowest BCUT2D eigenvalue weighted by Gasteiger charge is -2.21. The number of carbonyl (C=O) groups excluding carboxylic acids is 1. The van der Waals surface area contributed by atoms with E-state index in [0.29, 0.717) is 11.5 Å². The van der Waals surface area contributed by atoms with E-state index in [0.717, 1.165) is 18.5 Å². The van der Waals surface area contributed by atoms with Crippen LogP contribution in [0.3, 0.4) is 0 Å². The van der Waals surface area contributed by atoms with Crippen LogP contribution in [0.1, 0.15) is 31.9 Å². The molecule has 116 valence electrons. The van der Waals surface area contributed by atoms with Gasteiger partial charge in [0.25, 0.3) is 0 Å². The normalized spacial score (nSPS) is 21.4. The Morgan fingerprint density at radius 3 is 2.57 bits per heavy atom. The molecule has 21 heavy (non-hydrogen) atoms. The average molecular weight is 293 g/mol. The molecule has 1 aliphatic rings. The zero-order valence-electron chi connectivity index (χ0n) is 13.0. The van der Waals surface area contributed by atoms with Gasteiger partial charge in [-0.2, -0.15) is 0 Å². The third-order valence-electron chi connectivity index (χ3n) is 3.64. The van der Waals surface area contributed by atoms with Crippen molar-refractivity contribution in [1.29, 1.82) is 0 Å². The Kier molecular flexibility index (Phi) is 5.07. The van der Waals surface area contributed by atoms with Crippen molar-refractivity contribution in [3.05, 3.63) is 23.8 Å². The smallest absolute Gasteiger partial charge is 0.311 e. The molecule has 0 amide bonds. The second-order valence-corrected chi connectivity index (χ2v) is 5.43. The fraction of sp³-hybridized carbons (Fsp3) is 0.562. The molecule has 1 aliphatic heterocycles. The van der Waals surface area contributed by atoms with Crippen molar-refractivity contribution in [2.24, 2.45) is 5.92 Å². The second-order valence-electron chi connectivity index (χ2n) is 5.43. The summed E-state index contributed by atoms with van der Waals surface area (Å²) in [5, 5.41) is 3.37. The highest BCUT2D eigenvalue weighted by Gasteiger charge is 2.35. The summed E-state index contributed by atoms with van der Waals surface area (Å²) in [6.07, 6.45) is 0.689. The van der Waals surface area contributed by atoms with E-state index in [1.165, 1.54) is 0 Å². The molecule has 2 atom stereocenters. The molecule has 0 aromatic heterocycles. The van der Waals surface area contributed by atoms with Gasteiger partial charge in [0.2, 0.25) is 0 Å². The minimum Gasteiger partial charge on any atom is -0.493 e. The SMILES string of the molecule is COc1ccc(C2NCC[C@H]2C(=O)OC(C)C)cc1OC. The summed E-state index contributed by atoms with van der Waals surface area (Å²) in [6.45, 7) is 4.54. The van der Waals surface area contributed by atoms with Crippen LogP contribution in [0.2, 0.25) is 0 Å². The highest BCUT2D eigenvalue weighted by Crippen LogP contribution is 2.36. The average Bonchev–Trinajstić information content (AvgIpc) is 2.95. The maximum atomic E-state index is 12.2. The van der Waals surface area contributed by atoms with Gasteiger partial charge in [0.1, 0.15) is 0 Å². The molecule has 0 spiro atoms. The number of rotatable bonds is 5. The lowest BCUT2D eigenvalue weighted by Crippen LogP contribution is -2.27. The van der Waals surface area contributed by atoms with Gasteiger partial charge in [-0.3, -0.25) is 4.79 Å². The summed E-state index contributed by atoms with van der Waals surface area (Å²) in [5.41, 5.74) is 1.01. The van der Waals surface area contributed by atoms with Crippen LogP contribution in [0.25, 0.3) is 0 Å². The zero-order chi connectivity index (χ0) is 15.4. The van der Waals surface area contributed by atoms with Crippen molar-refractivity contribution < 1.29 is 19.0 Å². The molecule has 1 aromatic carbocycles. The molecule has 0 aliphatic carbocycles. The van der Waals surface area contributed by atoms with Gasteiger partial charge in [-0.15, -0.1) is 0 Å². The first-order valence-electron chi connectivity index (χ1n) is 7.22. The van der Waals surface area contributed by atoms with E-state index in [-0.39, 0.29) is 24.0 Å². The van der Waals surface area contributed by atoms with E-state index in [2.05, 4.69) is 5.32 Å².